The van der Waals surface area contributed by atoms with Gasteiger partial charge in [0.2, 0.25) is 5.91 Å². The van der Waals surface area contributed by atoms with Gasteiger partial charge < -0.3 is 15.4 Å². The lowest BCUT2D eigenvalue weighted by Gasteiger charge is -2.36. The smallest absolute Gasteiger partial charge is 0.240 e. The number of piperidine rings is 1. The minimum atomic E-state index is -0.484. The van der Waals surface area contributed by atoms with Gasteiger partial charge in [-0.1, -0.05) is 20.8 Å². The van der Waals surface area contributed by atoms with Crippen LogP contribution in [0.3, 0.4) is 0 Å². The van der Waals surface area contributed by atoms with Gasteiger partial charge in [-0.25, -0.2) is 4.39 Å². The molecule has 1 amide bonds. The molecule has 0 bridgehead atoms. The number of nitrogens with two attached hydrogens (primary N) is 1. The number of nitrogens with zero attached hydrogens (tertiary/aromatic N) is 1. The first-order valence-electron chi connectivity index (χ1n) is 7.74. The van der Waals surface area contributed by atoms with Gasteiger partial charge in [0.25, 0.3) is 0 Å². The Morgan fingerprint density at radius 1 is 1.27 bits per heavy atom. The van der Waals surface area contributed by atoms with E-state index in [-0.39, 0.29) is 23.2 Å². The molecule has 1 aliphatic heterocycles. The van der Waals surface area contributed by atoms with Crippen LogP contribution in [0.15, 0.2) is 24.3 Å². The molecule has 1 heterocycles. The third-order valence-corrected chi connectivity index (χ3v) is 4.07. The fraction of sp³-hybridized carbons (Fsp3) is 0.588. The molecule has 1 atom stereocenters. The molecule has 2 N–H and O–H groups in total. The lowest BCUT2D eigenvalue weighted by molar-refractivity contribution is -0.136. The summed E-state index contributed by atoms with van der Waals surface area (Å²) < 4.78 is 18.7. The standard InChI is InChI=1S/C17H25FN2O2/c1-17(2,3)15(19)16(21)20-10-8-14(9-11-20)22-13-6-4-12(18)5-7-13/h4-7,14-15H,8-11,19H2,1-3H3/t15-/m1/s1. The fourth-order valence-corrected chi connectivity index (χ4v) is 2.47. The van der Waals surface area contributed by atoms with Crippen molar-refractivity contribution in [2.75, 3.05) is 13.1 Å². The van der Waals surface area contributed by atoms with Gasteiger partial charge in [-0.05, 0) is 29.7 Å². The van der Waals surface area contributed by atoms with Crippen molar-refractivity contribution in [2.24, 2.45) is 11.1 Å². The van der Waals surface area contributed by atoms with E-state index in [1.807, 2.05) is 25.7 Å². The maximum absolute atomic E-state index is 12.9. The van der Waals surface area contributed by atoms with E-state index in [0.29, 0.717) is 18.8 Å². The van der Waals surface area contributed by atoms with Crippen LogP contribution in [0.2, 0.25) is 0 Å². The molecule has 0 aliphatic carbocycles. The first-order valence-corrected chi connectivity index (χ1v) is 7.74. The Balaban J connectivity index is 1.85. The van der Waals surface area contributed by atoms with Crippen LogP contribution in [0.1, 0.15) is 33.6 Å². The van der Waals surface area contributed by atoms with Crippen molar-refractivity contribution in [1.82, 2.24) is 4.90 Å². The summed E-state index contributed by atoms with van der Waals surface area (Å²) in [5.74, 6) is 0.397. The van der Waals surface area contributed by atoms with Gasteiger partial charge in [-0.2, -0.15) is 0 Å². The van der Waals surface area contributed by atoms with Crippen molar-refractivity contribution < 1.29 is 13.9 Å². The molecule has 1 aliphatic rings. The number of ether oxygens (including phenoxy) is 1. The van der Waals surface area contributed by atoms with Gasteiger partial charge >= 0.3 is 0 Å². The predicted molar refractivity (Wildman–Crippen MR) is 84.1 cm³/mol. The Labute approximate surface area is 131 Å². The predicted octanol–water partition coefficient (Wildman–Crippen LogP) is 2.57. The average molecular weight is 308 g/mol. The molecule has 1 aromatic rings. The third-order valence-electron chi connectivity index (χ3n) is 4.07. The van der Waals surface area contributed by atoms with E-state index in [1.165, 1.54) is 12.1 Å². The Bertz CT molecular complexity index is 502. The summed E-state index contributed by atoms with van der Waals surface area (Å²) in [6.07, 6.45) is 1.58. The van der Waals surface area contributed by atoms with Crippen molar-refractivity contribution in [3.05, 3.63) is 30.1 Å². The second-order valence-corrected chi connectivity index (χ2v) is 6.94. The summed E-state index contributed by atoms with van der Waals surface area (Å²) in [5, 5.41) is 0. The minimum absolute atomic E-state index is 0.00716. The van der Waals surface area contributed by atoms with Crippen molar-refractivity contribution in [1.29, 1.82) is 0 Å². The molecule has 1 saturated heterocycles. The molecule has 1 fully saturated rings. The number of rotatable bonds is 3. The van der Waals surface area contributed by atoms with E-state index in [4.69, 9.17) is 10.5 Å². The SMILES string of the molecule is CC(C)(C)[C@H](N)C(=O)N1CCC(Oc2ccc(F)cc2)CC1. The molecule has 5 heteroatoms. The number of carbonyl (C=O) groups is 1. The normalized spacial score (nSPS) is 18.1. The quantitative estimate of drug-likeness (QED) is 0.933. The maximum Gasteiger partial charge on any atom is 0.240 e. The zero-order valence-electron chi connectivity index (χ0n) is 13.5. The summed E-state index contributed by atoms with van der Waals surface area (Å²) >= 11 is 0. The first kappa shape index (κ1) is 16.7. The van der Waals surface area contributed by atoms with Crippen LogP contribution in [0.5, 0.6) is 5.75 Å². The van der Waals surface area contributed by atoms with Gasteiger partial charge in [0.15, 0.2) is 0 Å². The summed E-state index contributed by atoms with van der Waals surface area (Å²) in [6.45, 7) is 7.21. The number of carbonyl (C=O) groups excluding carboxylic acids is 1. The van der Waals surface area contributed by atoms with Gasteiger partial charge in [-0.15, -0.1) is 0 Å². The zero-order valence-corrected chi connectivity index (χ0v) is 13.5. The summed E-state index contributed by atoms with van der Waals surface area (Å²) in [5.41, 5.74) is 5.80. The summed E-state index contributed by atoms with van der Waals surface area (Å²) in [4.78, 5) is 14.2. The molecule has 122 valence electrons. The molecule has 0 spiro atoms. The molecule has 0 unspecified atom stereocenters. The van der Waals surface area contributed by atoms with Gasteiger partial charge in [0.05, 0.1) is 6.04 Å². The van der Waals surface area contributed by atoms with E-state index in [2.05, 4.69) is 0 Å². The van der Waals surface area contributed by atoms with E-state index < -0.39 is 6.04 Å². The number of hydrogen-bond donors (Lipinski definition) is 1. The summed E-state index contributed by atoms with van der Waals surface area (Å²) in [6, 6.07) is 5.54. The number of likely N-dealkylation sites (tertiary alicyclic amines) is 1. The Morgan fingerprint density at radius 3 is 2.32 bits per heavy atom. The van der Waals surface area contributed by atoms with E-state index in [9.17, 15) is 9.18 Å². The van der Waals surface area contributed by atoms with Crippen LogP contribution < -0.4 is 10.5 Å². The highest BCUT2D eigenvalue weighted by Crippen LogP contribution is 2.23. The van der Waals surface area contributed by atoms with E-state index in [1.54, 1.807) is 12.1 Å². The monoisotopic (exact) mass is 308 g/mol. The van der Waals surface area contributed by atoms with Crippen molar-refractivity contribution in [2.45, 2.75) is 45.8 Å². The fourth-order valence-electron chi connectivity index (χ4n) is 2.47. The van der Waals surface area contributed by atoms with Crippen LogP contribution in [-0.4, -0.2) is 36.0 Å². The highest BCUT2D eigenvalue weighted by atomic mass is 19.1. The Morgan fingerprint density at radius 2 is 1.82 bits per heavy atom. The highest BCUT2D eigenvalue weighted by Gasteiger charge is 2.33. The van der Waals surface area contributed by atoms with Gasteiger partial charge in [0.1, 0.15) is 17.7 Å². The largest absolute Gasteiger partial charge is 0.490 e. The number of amides is 1. The second kappa shape index (κ2) is 6.65. The van der Waals surface area contributed by atoms with Crippen LogP contribution in [0.25, 0.3) is 0 Å². The lowest BCUT2D eigenvalue weighted by Crippen LogP contribution is -2.53. The molecular weight excluding hydrogens is 283 g/mol. The minimum Gasteiger partial charge on any atom is -0.490 e. The second-order valence-electron chi connectivity index (χ2n) is 6.94. The topological polar surface area (TPSA) is 55.6 Å². The molecule has 1 aromatic carbocycles. The van der Waals surface area contributed by atoms with Crippen molar-refractivity contribution >= 4 is 5.91 Å². The van der Waals surface area contributed by atoms with Crippen LogP contribution in [-0.2, 0) is 4.79 Å². The molecule has 0 radical (unpaired) electrons. The number of halogens is 1. The number of benzene rings is 1. The lowest BCUT2D eigenvalue weighted by atomic mass is 9.86. The molecule has 0 saturated carbocycles. The molecular formula is C17H25FN2O2. The van der Waals surface area contributed by atoms with Crippen molar-refractivity contribution in [3.63, 3.8) is 0 Å². The zero-order chi connectivity index (χ0) is 16.3. The van der Waals surface area contributed by atoms with Gasteiger partial charge in [-0.3, -0.25) is 4.79 Å². The maximum atomic E-state index is 12.9. The third kappa shape index (κ3) is 4.19. The number of hydrogen-bond acceptors (Lipinski definition) is 3. The van der Waals surface area contributed by atoms with E-state index >= 15 is 0 Å². The van der Waals surface area contributed by atoms with Crippen LogP contribution >= 0.6 is 0 Å². The van der Waals surface area contributed by atoms with Gasteiger partial charge in [0, 0.05) is 25.9 Å². The summed E-state index contributed by atoms with van der Waals surface area (Å²) in [7, 11) is 0. The average Bonchev–Trinajstić information content (AvgIpc) is 2.48. The van der Waals surface area contributed by atoms with Crippen molar-refractivity contribution in [3.8, 4) is 5.75 Å². The Kier molecular flexibility index (Phi) is 5.06. The molecule has 4 nitrogen and oxygen atoms in total. The molecule has 2 rings (SSSR count). The van der Waals surface area contributed by atoms with E-state index in [0.717, 1.165) is 12.8 Å². The van der Waals surface area contributed by atoms with Crippen LogP contribution in [0, 0.1) is 11.2 Å². The Hall–Kier alpha value is -1.62. The first-order chi connectivity index (χ1) is 10.3. The van der Waals surface area contributed by atoms with Crippen LogP contribution in [0.4, 0.5) is 4.39 Å². The highest BCUT2D eigenvalue weighted by molar-refractivity contribution is 5.82. The molecule has 22 heavy (non-hydrogen) atoms. The molecule has 0 aromatic heterocycles.